The Morgan fingerprint density at radius 3 is 2.68 bits per heavy atom. The van der Waals surface area contributed by atoms with E-state index in [4.69, 9.17) is 10.5 Å². The topological polar surface area (TPSA) is 72.6 Å². The average Bonchev–Trinajstić information content (AvgIpc) is 2.76. The summed E-state index contributed by atoms with van der Waals surface area (Å²) in [6, 6.07) is 4.84. The summed E-state index contributed by atoms with van der Waals surface area (Å²) in [7, 11) is -2.08. The highest BCUT2D eigenvalue weighted by atomic mass is 79.9. The van der Waals surface area contributed by atoms with E-state index in [0.29, 0.717) is 29.7 Å². The third-order valence-corrected chi connectivity index (χ3v) is 5.31. The predicted octanol–water partition coefficient (Wildman–Crippen LogP) is 1.60. The predicted molar refractivity (Wildman–Crippen MR) is 79.3 cm³/mol. The molecule has 108 valence electrons. The Bertz CT molecular complexity index is 553. The normalized spacial score (nSPS) is 20.1. The van der Waals surface area contributed by atoms with Crippen LogP contribution in [0.4, 0.5) is 0 Å². The van der Waals surface area contributed by atoms with E-state index in [0.717, 1.165) is 0 Å². The molecule has 0 radical (unpaired) electrons. The van der Waals surface area contributed by atoms with Crippen LogP contribution in [0.3, 0.4) is 0 Å². The second-order valence-electron chi connectivity index (χ2n) is 4.21. The molecule has 1 aromatic rings. The second kappa shape index (κ2) is 6.41. The van der Waals surface area contributed by atoms with Gasteiger partial charge in [0.25, 0.3) is 0 Å². The molecule has 1 unspecified atom stereocenters. The number of methoxy groups -OCH3 is 1. The highest BCUT2D eigenvalue weighted by Gasteiger charge is 2.33. The third kappa shape index (κ3) is 3.41. The lowest BCUT2D eigenvalue weighted by atomic mass is 10.3. The van der Waals surface area contributed by atoms with Crippen LogP contribution in [-0.4, -0.2) is 39.0 Å². The van der Waals surface area contributed by atoms with Gasteiger partial charge in [0.1, 0.15) is 10.6 Å². The molecule has 2 rings (SSSR count). The number of nitrogens with two attached hydrogens (primary N) is 1. The molecule has 0 spiro atoms. The van der Waals surface area contributed by atoms with Gasteiger partial charge < -0.3 is 10.5 Å². The van der Waals surface area contributed by atoms with Crippen LogP contribution in [0.15, 0.2) is 27.6 Å². The maximum atomic E-state index is 12.5. The Kier molecular flexibility index (Phi) is 5.64. The van der Waals surface area contributed by atoms with Crippen LogP contribution in [0.25, 0.3) is 0 Å². The van der Waals surface area contributed by atoms with Crippen molar-refractivity contribution in [3.05, 3.63) is 22.7 Å². The fraction of sp³-hybridized carbons (Fsp3) is 0.455. The van der Waals surface area contributed by atoms with Crippen LogP contribution < -0.4 is 10.5 Å². The number of hydrogen-bond acceptors (Lipinski definition) is 4. The third-order valence-electron chi connectivity index (χ3n) is 2.93. The molecular weight excluding hydrogens is 356 g/mol. The zero-order valence-corrected chi connectivity index (χ0v) is 13.6. The number of halogens is 2. The molecule has 2 N–H and O–H groups in total. The first-order chi connectivity index (χ1) is 8.45. The van der Waals surface area contributed by atoms with Crippen molar-refractivity contribution in [3.8, 4) is 5.75 Å². The molecular formula is C11H16BrClN2O3S. The Hall–Kier alpha value is -0.340. The lowest BCUT2D eigenvalue weighted by Gasteiger charge is -2.18. The fourth-order valence-corrected chi connectivity index (χ4v) is 4.17. The van der Waals surface area contributed by atoms with Gasteiger partial charge in [-0.3, -0.25) is 0 Å². The highest BCUT2D eigenvalue weighted by Crippen LogP contribution is 2.31. The molecule has 0 amide bonds. The van der Waals surface area contributed by atoms with E-state index in [1.54, 1.807) is 18.2 Å². The van der Waals surface area contributed by atoms with Gasteiger partial charge >= 0.3 is 0 Å². The summed E-state index contributed by atoms with van der Waals surface area (Å²) in [6.07, 6.45) is 0.690. The summed E-state index contributed by atoms with van der Waals surface area (Å²) in [5, 5.41) is 0. The van der Waals surface area contributed by atoms with E-state index in [2.05, 4.69) is 15.9 Å². The van der Waals surface area contributed by atoms with Gasteiger partial charge in [0.05, 0.1) is 7.11 Å². The molecule has 1 heterocycles. The number of rotatable bonds is 3. The molecule has 19 heavy (non-hydrogen) atoms. The minimum absolute atomic E-state index is 0. The van der Waals surface area contributed by atoms with Crippen molar-refractivity contribution in [2.24, 2.45) is 5.73 Å². The maximum absolute atomic E-state index is 12.5. The Balaban J connectivity index is 0.00000180. The lowest BCUT2D eigenvalue weighted by Crippen LogP contribution is -2.32. The largest absolute Gasteiger partial charge is 0.495 e. The molecule has 0 bridgehead atoms. The summed E-state index contributed by atoms with van der Waals surface area (Å²) in [5.74, 6) is 0.346. The van der Waals surface area contributed by atoms with Crippen molar-refractivity contribution >= 4 is 38.4 Å². The molecule has 1 saturated heterocycles. The van der Waals surface area contributed by atoms with E-state index < -0.39 is 10.0 Å². The van der Waals surface area contributed by atoms with Crippen molar-refractivity contribution in [1.29, 1.82) is 0 Å². The minimum atomic E-state index is -3.54. The molecule has 1 aliphatic heterocycles. The molecule has 0 saturated carbocycles. The Morgan fingerprint density at radius 1 is 1.47 bits per heavy atom. The van der Waals surface area contributed by atoms with E-state index in [1.165, 1.54) is 11.4 Å². The van der Waals surface area contributed by atoms with Gasteiger partial charge in [-0.2, -0.15) is 4.31 Å². The van der Waals surface area contributed by atoms with Crippen LogP contribution in [0, 0.1) is 0 Å². The van der Waals surface area contributed by atoms with Gasteiger partial charge in [-0.05, 0) is 24.6 Å². The molecule has 8 heteroatoms. The SMILES string of the molecule is COc1ccc(Br)cc1S(=O)(=O)N1CCC(N)C1.Cl. The quantitative estimate of drug-likeness (QED) is 0.876. The zero-order chi connectivity index (χ0) is 13.3. The molecule has 1 fully saturated rings. The Morgan fingerprint density at radius 2 is 2.16 bits per heavy atom. The van der Waals surface area contributed by atoms with E-state index in [1.807, 2.05) is 0 Å². The maximum Gasteiger partial charge on any atom is 0.246 e. The van der Waals surface area contributed by atoms with Crippen LogP contribution in [0.5, 0.6) is 5.75 Å². The van der Waals surface area contributed by atoms with Crippen molar-refractivity contribution in [2.45, 2.75) is 17.4 Å². The van der Waals surface area contributed by atoms with Crippen LogP contribution in [-0.2, 0) is 10.0 Å². The number of benzene rings is 1. The van der Waals surface area contributed by atoms with Gasteiger partial charge in [0, 0.05) is 23.6 Å². The number of nitrogens with zero attached hydrogens (tertiary/aromatic N) is 1. The fourth-order valence-electron chi connectivity index (χ4n) is 1.96. The number of hydrogen-bond donors (Lipinski definition) is 1. The standard InChI is InChI=1S/C11H15BrN2O3S.ClH/c1-17-10-3-2-8(12)6-11(10)18(15,16)14-5-4-9(13)7-14;/h2-3,6,9H,4-5,7,13H2,1H3;1H. The van der Waals surface area contributed by atoms with Crippen molar-refractivity contribution < 1.29 is 13.2 Å². The Labute approximate surface area is 127 Å². The molecule has 1 atom stereocenters. The highest BCUT2D eigenvalue weighted by molar-refractivity contribution is 9.10. The van der Waals surface area contributed by atoms with Crippen molar-refractivity contribution in [3.63, 3.8) is 0 Å². The zero-order valence-electron chi connectivity index (χ0n) is 10.4. The van der Waals surface area contributed by atoms with Gasteiger partial charge in [-0.25, -0.2) is 8.42 Å². The van der Waals surface area contributed by atoms with Gasteiger partial charge in [0.2, 0.25) is 10.0 Å². The van der Waals surface area contributed by atoms with Crippen LogP contribution in [0.1, 0.15) is 6.42 Å². The summed E-state index contributed by atoms with van der Waals surface area (Å²) in [5.41, 5.74) is 5.75. The summed E-state index contributed by atoms with van der Waals surface area (Å²) in [6.45, 7) is 0.817. The first-order valence-electron chi connectivity index (χ1n) is 5.54. The van der Waals surface area contributed by atoms with Gasteiger partial charge in [0.15, 0.2) is 0 Å². The number of sulfonamides is 1. The summed E-state index contributed by atoms with van der Waals surface area (Å²) in [4.78, 5) is 0.175. The second-order valence-corrected chi connectivity index (χ2v) is 7.03. The molecule has 1 aliphatic rings. The van der Waals surface area contributed by atoms with E-state index >= 15 is 0 Å². The first kappa shape index (κ1) is 16.7. The van der Waals surface area contributed by atoms with Crippen molar-refractivity contribution in [1.82, 2.24) is 4.31 Å². The van der Waals surface area contributed by atoms with Crippen molar-refractivity contribution in [2.75, 3.05) is 20.2 Å². The summed E-state index contributed by atoms with van der Waals surface area (Å²) < 4.78 is 32.2. The van der Waals surface area contributed by atoms with Gasteiger partial charge in [-0.1, -0.05) is 15.9 Å². The first-order valence-corrected chi connectivity index (χ1v) is 7.77. The average molecular weight is 372 g/mol. The smallest absolute Gasteiger partial charge is 0.246 e. The molecule has 5 nitrogen and oxygen atoms in total. The van der Waals surface area contributed by atoms with E-state index in [-0.39, 0.29) is 23.3 Å². The van der Waals surface area contributed by atoms with Gasteiger partial charge in [-0.15, -0.1) is 12.4 Å². The monoisotopic (exact) mass is 370 g/mol. The van der Waals surface area contributed by atoms with Crippen LogP contribution in [0.2, 0.25) is 0 Å². The van der Waals surface area contributed by atoms with E-state index in [9.17, 15) is 8.42 Å². The minimum Gasteiger partial charge on any atom is -0.495 e. The summed E-state index contributed by atoms with van der Waals surface area (Å²) >= 11 is 3.28. The molecule has 1 aromatic carbocycles. The lowest BCUT2D eigenvalue weighted by molar-refractivity contribution is 0.398. The van der Waals surface area contributed by atoms with Crippen LogP contribution >= 0.6 is 28.3 Å². The number of ether oxygens (including phenoxy) is 1. The molecule has 0 aliphatic carbocycles. The molecule has 0 aromatic heterocycles.